The fourth-order valence-electron chi connectivity index (χ4n) is 4.03. The molecule has 164 valence electrons. The van der Waals surface area contributed by atoms with E-state index in [0.717, 1.165) is 36.3 Å². The summed E-state index contributed by atoms with van der Waals surface area (Å²) in [7, 11) is -3.63. The van der Waals surface area contributed by atoms with Crippen LogP contribution in [-0.2, 0) is 34.1 Å². The van der Waals surface area contributed by atoms with Crippen LogP contribution < -0.4 is 10.0 Å². The smallest absolute Gasteiger partial charge is 0.241 e. The zero-order valence-corrected chi connectivity index (χ0v) is 19.6. The molecule has 1 heterocycles. The Labute approximate surface area is 183 Å². The Kier molecular flexibility index (Phi) is 7.65. The Balaban J connectivity index is 1.39. The van der Waals surface area contributed by atoms with Gasteiger partial charge in [-0.05, 0) is 64.0 Å². The summed E-state index contributed by atoms with van der Waals surface area (Å²) < 4.78 is 27.8. The molecule has 0 spiro atoms. The van der Waals surface area contributed by atoms with Crippen LogP contribution in [-0.4, -0.2) is 32.4 Å². The lowest BCUT2D eigenvalue weighted by Gasteiger charge is -2.13. The summed E-state index contributed by atoms with van der Waals surface area (Å²) in [4.78, 5) is 18.5. The number of carbonyl (C=O) groups excluding carboxylic acids is 1. The average molecular weight is 450 g/mol. The van der Waals surface area contributed by atoms with E-state index in [4.69, 9.17) is 4.98 Å². The van der Waals surface area contributed by atoms with Gasteiger partial charge >= 0.3 is 0 Å². The molecular weight excluding hydrogens is 418 g/mol. The van der Waals surface area contributed by atoms with Gasteiger partial charge < -0.3 is 5.32 Å². The van der Waals surface area contributed by atoms with Gasteiger partial charge in [-0.15, -0.1) is 11.3 Å². The Bertz CT molecular complexity index is 966. The number of amides is 1. The number of aromatic nitrogens is 1. The molecule has 3 rings (SSSR count). The summed E-state index contributed by atoms with van der Waals surface area (Å²) in [5, 5.41) is 4.03. The first kappa shape index (κ1) is 22.9. The first-order valence-electron chi connectivity index (χ1n) is 10.6. The number of sulfonamides is 1. The third-order valence-corrected chi connectivity index (χ3v) is 8.28. The molecule has 0 unspecified atom stereocenters. The number of rotatable bonds is 9. The van der Waals surface area contributed by atoms with E-state index in [1.165, 1.54) is 23.4 Å². The number of benzene rings is 1. The molecule has 30 heavy (non-hydrogen) atoms. The van der Waals surface area contributed by atoms with Crippen molar-refractivity contribution in [3.63, 3.8) is 0 Å². The molecule has 0 bridgehead atoms. The highest BCUT2D eigenvalue weighted by molar-refractivity contribution is 7.89. The summed E-state index contributed by atoms with van der Waals surface area (Å²) in [5.41, 5.74) is 3.74. The van der Waals surface area contributed by atoms with Gasteiger partial charge in [-0.2, -0.15) is 0 Å². The summed E-state index contributed by atoms with van der Waals surface area (Å²) in [6.07, 6.45) is 6.58. The van der Waals surface area contributed by atoms with Crippen molar-refractivity contribution in [1.82, 2.24) is 15.0 Å². The maximum atomic E-state index is 12.6. The number of nitrogens with one attached hydrogen (secondary N) is 2. The number of thiazole rings is 1. The van der Waals surface area contributed by atoms with Crippen molar-refractivity contribution in [3.05, 3.63) is 44.4 Å². The highest BCUT2D eigenvalue weighted by Crippen LogP contribution is 2.27. The molecule has 1 amide bonds. The van der Waals surface area contributed by atoms with E-state index >= 15 is 0 Å². The molecule has 0 saturated heterocycles. The number of nitrogens with zero attached hydrogens (tertiary/aromatic N) is 1. The van der Waals surface area contributed by atoms with Gasteiger partial charge in [0, 0.05) is 30.8 Å². The van der Waals surface area contributed by atoms with Crippen LogP contribution in [0.15, 0.2) is 17.0 Å². The molecule has 0 atom stereocenters. The van der Waals surface area contributed by atoms with Crippen LogP contribution in [0.4, 0.5) is 0 Å². The quantitative estimate of drug-likeness (QED) is 0.575. The van der Waals surface area contributed by atoms with E-state index in [1.807, 2.05) is 30.4 Å². The molecule has 2 N–H and O–H groups in total. The lowest BCUT2D eigenvalue weighted by molar-refractivity contribution is -0.120. The SMILES string of the molecule is Cc1cc(C)c(S(=O)(=O)NCCC(=O)NCCCc2nc3c(s2)CCCC3)c(C)c1. The van der Waals surface area contributed by atoms with Crippen LogP contribution in [0.5, 0.6) is 0 Å². The highest BCUT2D eigenvalue weighted by atomic mass is 32.2. The van der Waals surface area contributed by atoms with Crippen LogP contribution in [0, 0.1) is 20.8 Å². The monoisotopic (exact) mass is 449 g/mol. The number of hydrogen-bond acceptors (Lipinski definition) is 5. The van der Waals surface area contributed by atoms with E-state index < -0.39 is 10.0 Å². The normalized spacial score (nSPS) is 13.8. The minimum atomic E-state index is -3.63. The molecule has 1 aromatic carbocycles. The van der Waals surface area contributed by atoms with Gasteiger partial charge in [0.05, 0.1) is 15.6 Å². The van der Waals surface area contributed by atoms with Gasteiger partial charge in [0.15, 0.2) is 0 Å². The molecule has 0 aliphatic heterocycles. The molecule has 2 aromatic rings. The Morgan fingerprint density at radius 3 is 2.50 bits per heavy atom. The van der Waals surface area contributed by atoms with E-state index in [0.29, 0.717) is 22.6 Å². The second-order valence-electron chi connectivity index (χ2n) is 8.01. The van der Waals surface area contributed by atoms with Crippen LogP contribution >= 0.6 is 11.3 Å². The maximum absolute atomic E-state index is 12.6. The third-order valence-electron chi connectivity index (χ3n) is 5.30. The molecule has 6 nitrogen and oxygen atoms in total. The van der Waals surface area contributed by atoms with Crippen LogP contribution in [0.1, 0.15) is 58.0 Å². The second-order valence-corrected chi connectivity index (χ2v) is 10.9. The van der Waals surface area contributed by atoms with Gasteiger partial charge in [-0.1, -0.05) is 17.7 Å². The van der Waals surface area contributed by atoms with Crippen molar-refractivity contribution in [1.29, 1.82) is 0 Å². The maximum Gasteiger partial charge on any atom is 0.241 e. The average Bonchev–Trinajstić information content (AvgIpc) is 3.06. The van der Waals surface area contributed by atoms with Gasteiger partial charge in [0.25, 0.3) is 0 Å². The summed E-state index contributed by atoms with van der Waals surface area (Å²) >= 11 is 1.81. The largest absolute Gasteiger partial charge is 0.356 e. The molecule has 0 fully saturated rings. The van der Waals surface area contributed by atoms with E-state index in [1.54, 1.807) is 13.8 Å². The number of aryl methyl sites for hydroxylation is 6. The number of hydrogen-bond donors (Lipinski definition) is 2. The predicted molar refractivity (Wildman–Crippen MR) is 121 cm³/mol. The summed E-state index contributed by atoms with van der Waals surface area (Å²) in [6.45, 7) is 6.18. The Hall–Kier alpha value is -1.77. The van der Waals surface area contributed by atoms with Crippen molar-refractivity contribution >= 4 is 27.3 Å². The molecular formula is C22H31N3O3S2. The third kappa shape index (κ3) is 5.89. The zero-order valence-electron chi connectivity index (χ0n) is 18.0. The molecule has 0 radical (unpaired) electrons. The van der Waals surface area contributed by atoms with Gasteiger partial charge in [0.2, 0.25) is 15.9 Å². The van der Waals surface area contributed by atoms with Crippen LogP contribution in [0.2, 0.25) is 0 Å². The van der Waals surface area contributed by atoms with Crippen LogP contribution in [0.3, 0.4) is 0 Å². The van der Waals surface area contributed by atoms with E-state index in [9.17, 15) is 13.2 Å². The van der Waals surface area contributed by atoms with Crippen molar-refractivity contribution in [2.24, 2.45) is 0 Å². The first-order chi connectivity index (χ1) is 14.3. The fraction of sp³-hybridized carbons (Fsp3) is 0.545. The molecule has 1 aliphatic carbocycles. The first-order valence-corrected chi connectivity index (χ1v) is 12.9. The lowest BCUT2D eigenvalue weighted by atomic mass is 10.0. The summed E-state index contributed by atoms with van der Waals surface area (Å²) in [6, 6.07) is 3.71. The molecule has 1 aromatic heterocycles. The van der Waals surface area contributed by atoms with E-state index in [-0.39, 0.29) is 18.9 Å². The lowest BCUT2D eigenvalue weighted by Crippen LogP contribution is -2.32. The minimum absolute atomic E-state index is 0.0835. The number of carbonyl (C=O) groups is 1. The van der Waals surface area contributed by atoms with Gasteiger partial charge in [0.1, 0.15) is 0 Å². The van der Waals surface area contributed by atoms with Gasteiger partial charge in [-0.25, -0.2) is 18.1 Å². The Morgan fingerprint density at radius 1 is 1.10 bits per heavy atom. The van der Waals surface area contributed by atoms with Crippen molar-refractivity contribution in [3.8, 4) is 0 Å². The fourth-order valence-corrected chi connectivity index (χ4v) is 6.71. The highest BCUT2D eigenvalue weighted by Gasteiger charge is 2.20. The van der Waals surface area contributed by atoms with Crippen LogP contribution in [0.25, 0.3) is 0 Å². The van der Waals surface area contributed by atoms with Crippen molar-refractivity contribution in [2.45, 2.75) is 70.6 Å². The van der Waals surface area contributed by atoms with Crippen molar-refractivity contribution < 1.29 is 13.2 Å². The molecule has 8 heteroatoms. The molecule has 1 aliphatic rings. The number of fused-ring (bicyclic) bond motifs is 1. The standard InChI is InChI=1S/C22H31N3O3S2/c1-15-13-16(2)22(17(3)14-15)30(27,28)24-12-10-20(26)23-11-6-9-21-25-18-7-4-5-8-19(18)29-21/h13-14,24H,4-12H2,1-3H3,(H,23,26). The Morgan fingerprint density at radius 2 is 1.80 bits per heavy atom. The topological polar surface area (TPSA) is 88.2 Å². The zero-order chi connectivity index (χ0) is 21.7. The predicted octanol–water partition coefficient (Wildman–Crippen LogP) is 3.36. The minimum Gasteiger partial charge on any atom is -0.356 e. The van der Waals surface area contributed by atoms with E-state index in [2.05, 4.69) is 10.0 Å². The second kappa shape index (κ2) is 10.0. The molecule has 0 saturated carbocycles. The van der Waals surface area contributed by atoms with Gasteiger partial charge in [-0.3, -0.25) is 4.79 Å². The van der Waals surface area contributed by atoms with Crippen molar-refractivity contribution in [2.75, 3.05) is 13.1 Å². The summed E-state index contributed by atoms with van der Waals surface area (Å²) in [5.74, 6) is -0.145.